The summed E-state index contributed by atoms with van der Waals surface area (Å²) in [6.07, 6.45) is 5.11. The highest BCUT2D eigenvalue weighted by Gasteiger charge is 2.40. The molecule has 2 nitrogen and oxygen atoms in total. The van der Waals surface area contributed by atoms with Gasteiger partial charge in [-0.3, -0.25) is 0 Å². The van der Waals surface area contributed by atoms with Crippen molar-refractivity contribution in [3.63, 3.8) is 0 Å². The maximum Gasteiger partial charge on any atom is 0.149 e. The summed E-state index contributed by atoms with van der Waals surface area (Å²) in [4.78, 5) is 1.71. The van der Waals surface area contributed by atoms with Crippen LogP contribution in [0.1, 0.15) is 31.2 Å². The van der Waals surface area contributed by atoms with Gasteiger partial charge in [0.1, 0.15) is 17.3 Å². The molecule has 2 aliphatic carbocycles. The van der Waals surface area contributed by atoms with Crippen LogP contribution in [0.3, 0.4) is 0 Å². The summed E-state index contributed by atoms with van der Waals surface area (Å²) >= 11 is 0. The summed E-state index contributed by atoms with van der Waals surface area (Å²) in [6.45, 7) is 0.373. The molecule has 0 aromatic heterocycles. The molecule has 0 amide bonds. The largest absolute Gasteiger partial charge is 0.392 e. The number of rotatable bonds is 4. The van der Waals surface area contributed by atoms with E-state index >= 15 is 0 Å². The standard InChI is InChI=1S/C16H21F2NO/c1-19(8-13-5-10-2-3-12(13)4-10)16-14(17)6-11(9-20)7-15(16)18/h6-7,10,12-13,20H,2-5,8-9H2,1H3. The van der Waals surface area contributed by atoms with Crippen LogP contribution >= 0.6 is 0 Å². The van der Waals surface area contributed by atoms with Crippen LogP contribution in [-0.2, 0) is 6.61 Å². The molecular weight excluding hydrogens is 260 g/mol. The van der Waals surface area contributed by atoms with Gasteiger partial charge in [0, 0.05) is 13.6 Å². The molecule has 0 radical (unpaired) electrons. The van der Waals surface area contributed by atoms with E-state index in [4.69, 9.17) is 5.11 Å². The molecule has 3 atom stereocenters. The Morgan fingerprint density at radius 2 is 1.90 bits per heavy atom. The molecule has 3 unspecified atom stereocenters. The van der Waals surface area contributed by atoms with Gasteiger partial charge in [-0.15, -0.1) is 0 Å². The number of hydrogen-bond donors (Lipinski definition) is 1. The predicted molar refractivity (Wildman–Crippen MR) is 74.5 cm³/mol. The highest BCUT2D eigenvalue weighted by Crippen LogP contribution is 2.48. The molecular formula is C16H21F2NO. The second kappa shape index (κ2) is 5.32. The minimum absolute atomic E-state index is 0.0324. The van der Waals surface area contributed by atoms with Gasteiger partial charge in [0.25, 0.3) is 0 Å². The molecule has 4 heteroatoms. The molecule has 1 aromatic rings. The molecule has 0 heterocycles. The van der Waals surface area contributed by atoms with Crippen molar-refractivity contribution in [3.8, 4) is 0 Å². The van der Waals surface area contributed by atoms with Gasteiger partial charge < -0.3 is 10.0 Å². The summed E-state index contributed by atoms with van der Waals surface area (Å²) in [6, 6.07) is 2.44. The van der Waals surface area contributed by atoms with Crippen LogP contribution in [-0.4, -0.2) is 18.7 Å². The van der Waals surface area contributed by atoms with Crippen molar-refractivity contribution in [2.45, 2.75) is 32.3 Å². The first-order valence-electron chi connectivity index (χ1n) is 7.38. The lowest BCUT2D eigenvalue weighted by Crippen LogP contribution is -2.30. The summed E-state index contributed by atoms with van der Waals surface area (Å²) < 4.78 is 28.0. The number of anilines is 1. The fourth-order valence-corrected chi connectivity index (χ4v) is 4.12. The van der Waals surface area contributed by atoms with E-state index in [0.717, 1.165) is 11.8 Å². The van der Waals surface area contributed by atoms with Gasteiger partial charge in [0.15, 0.2) is 0 Å². The Bertz CT molecular complexity index is 482. The normalized spacial score (nSPS) is 28.1. The number of aliphatic hydroxyl groups excluding tert-OH is 1. The van der Waals surface area contributed by atoms with Gasteiger partial charge >= 0.3 is 0 Å². The summed E-state index contributed by atoms with van der Waals surface area (Å²) in [5.74, 6) is 0.977. The van der Waals surface area contributed by atoms with Gasteiger partial charge in [-0.25, -0.2) is 8.78 Å². The Balaban J connectivity index is 1.75. The van der Waals surface area contributed by atoms with Gasteiger partial charge in [-0.1, -0.05) is 6.42 Å². The second-order valence-electron chi connectivity index (χ2n) is 6.38. The van der Waals surface area contributed by atoms with Crippen LogP contribution in [0.15, 0.2) is 12.1 Å². The van der Waals surface area contributed by atoms with E-state index in [1.54, 1.807) is 11.9 Å². The smallest absolute Gasteiger partial charge is 0.149 e. The number of benzene rings is 1. The molecule has 110 valence electrons. The van der Waals surface area contributed by atoms with E-state index in [1.807, 2.05) is 0 Å². The summed E-state index contributed by atoms with van der Waals surface area (Å²) in [7, 11) is 1.76. The van der Waals surface area contributed by atoms with Crippen LogP contribution in [0.4, 0.5) is 14.5 Å². The Morgan fingerprint density at radius 3 is 2.40 bits per heavy atom. The molecule has 0 spiro atoms. The van der Waals surface area contributed by atoms with E-state index in [2.05, 4.69) is 0 Å². The van der Waals surface area contributed by atoms with E-state index in [1.165, 1.54) is 37.8 Å². The van der Waals surface area contributed by atoms with E-state index in [-0.39, 0.29) is 17.9 Å². The highest BCUT2D eigenvalue weighted by atomic mass is 19.1. The summed E-state index contributed by atoms with van der Waals surface area (Å²) in [5.41, 5.74) is 0.307. The minimum Gasteiger partial charge on any atom is -0.392 e. The highest BCUT2D eigenvalue weighted by molar-refractivity contribution is 5.50. The fraction of sp³-hybridized carbons (Fsp3) is 0.625. The third-order valence-electron chi connectivity index (χ3n) is 5.03. The molecule has 2 fully saturated rings. The van der Waals surface area contributed by atoms with Crippen molar-refractivity contribution in [2.24, 2.45) is 17.8 Å². The Morgan fingerprint density at radius 1 is 1.20 bits per heavy atom. The van der Waals surface area contributed by atoms with Crippen molar-refractivity contribution < 1.29 is 13.9 Å². The Hall–Kier alpha value is -1.16. The molecule has 20 heavy (non-hydrogen) atoms. The van der Waals surface area contributed by atoms with Gasteiger partial charge in [-0.2, -0.15) is 0 Å². The van der Waals surface area contributed by atoms with Gasteiger partial charge in [0.2, 0.25) is 0 Å². The zero-order valence-electron chi connectivity index (χ0n) is 11.8. The molecule has 1 N–H and O–H groups in total. The average molecular weight is 281 g/mol. The SMILES string of the molecule is CN(CC1CC2CCC1C2)c1c(F)cc(CO)cc1F. The third-order valence-corrected chi connectivity index (χ3v) is 5.03. The monoisotopic (exact) mass is 281 g/mol. The van der Waals surface area contributed by atoms with Crippen molar-refractivity contribution in [1.29, 1.82) is 0 Å². The Labute approximate surface area is 118 Å². The quantitative estimate of drug-likeness (QED) is 0.915. The van der Waals surface area contributed by atoms with Crippen molar-refractivity contribution in [2.75, 3.05) is 18.5 Å². The first kappa shape index (κ1) is 13.8. The predicted octanol–water partition coefficient (Wildman–Crippen LogP) is 3.33. The van der Waals surface area contributed by atoms with Crippen molar-refractivity contribution >= 4 is 5.69 Å². The minimum atomic E-state index is -0.584. The van der Waals surface area contributed by atoms with Crippen LogP contribution in [0.5, 0.6) is 0 Å². The first-order chi connectivity index (χ1) is 9.58. The fourth-order valence-electron chi connectivity index (χ4n) is 4.12. The number of hydrogen-bond acceptors (Lipinski definition) is 2. The maximum atomic E-state index is 14.0. The first-order valence-corrected chi connectivity index (χ1v) is 7.38. The van der Waals surface area contributed by atoms with E-state index in [9.17, 15) is 8.78 Å². The van der Waals surface area contributed by atoms with Crippen molar-refractivity contribution in [3.05, 3.63) is 29.3 Å². The number of nitrogens with zero attached hydrogens (tertiary/aromatic N) is 1. The van der Waals surface area contributed by atoms with E-state index < -0.39 is 11.6 Å². The van der Waals surface area contributed by atoms with Crippen LogP contribution < -0.4 is 4.90 Å². The lowest BCUT2D eigenvalue weighted by Gasteiger charge is -2.29. The maximum absolute atomic E-state index is 14.0. The number of aliphatic hydroxyl groups is 1. The number of halogens is 2. The average Bonchev–Trinajstić information content (AvgIpc) is 2.99. The van der Waals surface area contributed by atoms with Crippen molar-refractivity contribution in [1.82, 2.24) is 0 Å². The van der Waals surface area contributed by atoms with Crippen LogP contribution in [0.25, 0.3) is 0 Å². The summed E-state index contributed by atoms with van der Waals surface area (Å²) in [5, 5.41) is 8.97. The molecule has 2 aliphatic rings. The van der Waals surface area contributed by atoms with Gasteiger partial charge in [0.05, 0.1) is 6.61 Å². The van der Waals surface area contributed by atoms with Crippen LogP contribution in [0.2, 0.25) is 0 Å². The molecule has 3 rings (SSSR count). The molecule has 2 bridgehead atoms. The zero-order valence-corrected chi connectivity index (χ0v) is 11.8. The lowest BCUT2D eigenvalue weighted by molar-refractivity contribution is 0.280. The topological polar surface area (TPSA) is 23.5 Å². The van der Waals surface area contributed by atoms with E-state index in [0.29, 0.717) is 12.5 Å². The number of fused-ring (bicyclic) bond motifs is 2. The molecule has 0 saturated heterocycles. The Kier molecular flexibility index (Phi) is 3.67. The third kappa shape index (κ3) is 2.41. The molecule has 0 aliphatic heterocycles. The zero-order chi connectivity index (χ0) is 14.3. The van der Waals surface area contributed by atoms with Gasteiger partial charge in [-0.05, 0) is 54.7 Å². The second-order valence-corrected chi connectivity index (χ2v) is 6.38. The molecule has 2 saturated carbocycles. The molecule has 1 aromatic carbocycles. The van der Waals surface area contributed by atoms with Crippen LogP contribution in [0, 0.1) is 29.4 Å². The lowest BCUT2D eigenvalue weighted by atomic mass is 9.88.